The van der Waals surface area contributed by atoms with Crippen molar-refractivity contribution in [3.05, 3.63) is 71.4 Å². The van der Waals surface area contributed by atoms with Gasteiger partial charge >= 0.3 is 0 Å². The lowest BCUT2D eigenvalue weighted by atomic mass is 10.1. The molecular weight excluding hydrogens is 478 g/mol. The van der Waals surface area contributed by atoms with Crippen molar-refractivity contribution in [1.29, 1.82) is 0 Å². The lowest BCUT2D eigenvalue weighted by Gasteiger charge is -2.17. The number of nitrogens with zero attached hydrogens (tertiary/aromatic N) is 3. The van der Waals surface area contributed by atoms with Crippen LogP contribution in [0, 0.1) is 5.92 Å². The van der Waals surface area contributed by atoms with Gasteiger partial charge in [-0.3, -0.25) is 14.4 Å². The van der Waals surface area contributed by atoms with Crippen molar-refractivity contribution in [2.75, 3.05) is 23.9 Å². The summed E-state index contributed by atoms with van der Waals surface area (Å²) in [6, 6.07) is 16.8. The molecule has 3 amide bonds. The Morgan fingerprint density at radius 3 is 2.64 bits per heavy atom. The highest BCUT2D eigenvalue weighted by molar-refractivity contribution is 7.98. The molecule has 0 radical (unpaired) electrons. The summed E-state index contributed by atoms with van der Waals surface area (Å²) in [5.74, 6) is 1.77. The number of fused-ring (bicyclic) bond motifs is 1. The van der Waals surface area contributed by atoms with Crippen LogP contribution in [0.1, 0.15) is 23.2 Å². The van der Waals surface area contributed by atoms with Gasteiger partial charge in [0.25, 0.3) is 0 Å². The van der Waals surface area contributed by atoms with Gasteiger partial charge in [-0.25, -0.2) is 4.68 Å². The second-order valence-electron chi connectivity index (χ2n) is 8.78. The number of carbonyl (C=O) groups is 3. The molecule has 9 nitrogen and oxygen atoms in total. The lowest BCUT2D eigenvalue weighted by molar-refractivity contribution is -0.122. The number of ether oxygens (including phenoxy) is 1. The molecule has 186 valence electrons. The van der Waals surface area contributed by atoms with E-state index in [1.807, 2.05) is 54.6 Å². The highest BCUT2D eigenvalue weighted by Gasteiger charge is 2.36. The van der Waals surface area contributed by atoms with Gasteiger partial charge in [0.15, 0.2) is 0 Å². The normalized spacial score (nSPS) is 16.6. The van der Waals surface area contributed by atoms with Crippen LogP contribution in [0.5, 0.6) is 5.75 Å². The number of hydrogen-bond acceptors (Lipinski definition) is 6. The van der Waals surface area contributed by atoms with E-state index in [2.05, 4.69) is 15.7 Å². The molecule has 1 fully saturated rings. The Balaban J connectivity index is 1.24. The molecule has 3 heterocycles. The van der Waals surface area contributed by atoms with E-state index in [0.29, 0.717) is 18.9 Å². The van der Waals surface area contributed by atoms with E-state index in [0.717, 1.165) is 39.8 Å². The number of carbonyl (C=O) groups excluding carboxylic acids is 3. The fraction of sp³-hybridized carbons (Fsp3) is 0.308. The van der Waals surface area contributed by atoms with Crippen molar-refractivity contribution >= 4 is 41.0 Å². The average Bonchev–Trinajstić information content (AvgIpc) is 3.60. The van der Waals surface area contributed by atoms with Gasteiger partial charge in [-0.1, -0.05) is 30.3 Å². The Bertz CT molecular complexity index is 1280. The molecule has 0 aliphatic carbocycles. The quantitative estimate of drug-likeness (QED) is 0.488. The van der Waals surface area contributed by atoms with E-state index < -0.39 is 5.92 Å². The third-order valence-electron chi connectivity index (χ3n) is 6.37. The fourth-order valence-electron chi connectivity index (χ4n) is 4.42. The number of amides is 3. The molecule has 2 aliphatic rings. The minimum Gasteiger partial charge on any atom is -0.497 e. The molecule has 0 spiro atoms. The number of benzene rings is 2. The maximum atomic E-state index is 13.2. The zero-order valence-electron chi connectivity index (χ0n) is 19.9. The molecule has 1 unspecified atom stereocenters. The number of rotatable bonds is 8. The van der Waals surface area contributed by atoms with E-state index in [9.17, 15) is 14.4 Å². The summed E-state index contributed by atoms with van der Waals surface area (Å²) in [6.45, 7) is 0.687. The van der Waals surface area contributed by atoms with Gasteiger partial charge in [0.2, 0.25) is 17.7 Å². The number of nitrogens with one attached hydrogen (secondary N) is 2. The predicted octanol–water partition coefficient (Wildman–Crippen LogP) is 2.95. The van der Waals surface area contributed by atoms with E-state index in [1.165, 1.54) is 0 Å². The topological polar surface area (TPSA) is 106 Å². The molecule has 2 aromatic carbocycles. The fourth-order valence-corrected chi connectivity index (χ4v) is 5.45. The lowest BCUT2D eigenvalue weighted by Crippen LogP contribution is -2.31. The van der Waals surface area contributed by atoms with Gasteiger partial charge in [-0.2, -0.15) is 16.9 Å². The molecule has 10 heteroatoms. The second kappa shape index (κ2) is 10.4. The van der Waals surface area contributed by atoms with Gasteiger partial charge < -0.3 is 20.3 Å². The summed E-state index contributed by atoms with van der Waals surface area (Å²) in [5.41, 5.74) is 3.56. The molecule has 36 heavy (non-hydrogen) atoms. The Hall–Kier alpha value is -3.79. The summed E-state index contributed by atoms with van der Waals surface area (Å²) in [7, 11) is 1.61. The van der Waals surface area contributed by atoms with Gasteiger partial charge in [0, 0.05) is 42.3 Å². The first-order valence-corrected chi connectivity index (χ1v) is 12.9. The molecule has 0 bridgehead atoms. The highest BCUT2D eigenvalue weighted by Crippen LogP contribution is 2.35. The van der Waals surface area contributed by atoms with Crippen LogP contribution in [0.3, 0.4) is 0 Å². The molecule has 0 saturated carbocycles. The first-order chi connectivity index (χ1) is 17.5. The standard InChI is InChI=1S/C26H27N5O4S/c1-35-20-9-7-17(8-10-20)12-27-23(32)14-31-25(21-15-36-16-22(21)29-31)28-26(34)18-11-24(33)30(13-18)19-5-3-2-4-6-19/h2-10,18H,11-16H2,1H3,(H,27,32)(H,28,34). The van der Waals surface area contributed by atoms with Crippen LogP contribution in [-0.2, 0) is 39.0 Å². The minimum atomic E-state index is -0.477. The van der Waals surface area contributed by atoms with Crippen molar-refractivity contribution in [3.8, 4) is 5.75 Å². The van der Waals surface area contributed by atoms with Gasteiger partial charge in [-0.15, -0.1) is 0 Å². The van der Waals surface area contributed by atoms with E-state index in [-0.39, 0.29) is 30.7 Å². The van der Waals surface area contributed by atoms with Crippen molar-refractivity contribution in [2.24, 2.45) is 5.92 Å². The molecule has 2 N–H and O–H groups in total. The number of anilines is 2. The zero-order valence-corrected chi connectivity index (χ0v) is 20.7. The van der Waals surface area contributed by atoms with Crippen molar-refractivity contribution in [1.82, 2.24) is 15.1 Å². The average molecular weight is 506 g/mol. The summed E-state index contributed by atoms with van der Waals surface area (Å²) in [5, 5.41) is 10.5. The molecule has 1 atom stereocenters. The van der Waals surface area contributed by atoms with Gasteiger partial charge in [0.05, 0.1) is 18.7 Å². The van der Waals surface area contributed by atoms with Crippen molar-refractivity contribution < 1.29 is 19.1 Å². The summed E-state index contributed by atoms with van der Waals surface area (Å²) in [6.07, 6.45) is 0.147. The van der Waals surface area contributed by atoms with Crippen molar-refractivity contribution in [2.45, 2.75) is 31.0 Å². The largest absolute Gasteiger partial charge is 0.497 e. The second-order valence-corrected chi connectivity index (χ2v) is 9.76. The third-order valence-corrected chi connectivity index (χ3v) is 7.34. The van der Waals surface area contributed by atoms with Crippen LogP contribution in [0.15, 0.2) is 54.6 Å². The van der Waals surface area contributed by atoms with E-state index in [4.69, 9.17) is 4.74 Å². The van der Waals surface area contributed by atoms with E-state index >= 15 is 0 Å². The number of hydrogen-bond donors (Lipinski definition) is 2. The summed E-state index contributed by atoms with van der Waals surface area (Å²) < 4.78 is 6.73. The van der Waals surface area contributed by atoms with Crippen LogP contribution >= 0.6 is 11.8 Å². The summed E-state index contributed by atoms with van der Waals surface area (Å²) >= 11 is 1.72. The predicted molar refractivity (Wildman–Crippen MR) is 138 cm³/mol. The molecule has 3 aromatic rings. The molecule has 1 aromatic heterocycles. The van der Waals surface area contributed by atoms with Gasteiger partial charge in [0.1, 0.15) is 18.1 Å². The summed E-state index contributed by atoms with van der Waals surface area (Å²) in [4.78, 5) is 40.1. The number of methoxy groups -OCH3 is 1. The van der Waals surface area contributed by atoms with Crippen LogP contribution in [0.25, 0.3) is 0 Å². The molecule has 1 saturated heterocycles. The van der Waals surface area contributed by atoms with Crippen LogP contribution < -0.4 is 20.3 Å². The molecule has 2 aliphatic heterocycles. The maximum Gasteiger partial charge on any atom is 0.242 e. The Morgan fingerprint density at radius 1 is 1.11 bits per heavy atom. The smallest absolute Gasteiger partial charge is 0.242 e. The molecular formula is C26H27N5O4S. The van der Waals surface area contributed by atoms with E-state index in [1.54, 1.807) is 28.5 Å². The SMILES string of the molecule is COc1ccc(CNC(=O)Cn2nc3c(c2NC(=O)C2CC(=O)N(c4ccccc4)C2)CSC3)cc1. The minimum absolute atomic E-state index is 0.0107. The Morgan fingerprint density at radius 2 is 1.89 bits per heavy atom. The zero-order chi connectivity index (χ0) is 25.1. The van der Waals surface area contributed by atoms with Gasteiger partial charge in [-0.05, 0) is 29.8 Å². The number of thioether (sulfide) groups is 1. The first kappa shape index (κ1) is 23.9. The number of aromatic nitrogens is 2. The highest BCUT2D eigenvalue weighted by atomic mass is 32.2. The van der Waals surface area contributed by atoms with Crippen molar-refractivity contribution in [3.63, 3.8) is 0 Å². The van der Waals surface area contributed by atoms with Crippen LogP contribution in [0.4, 0.5) is 11.5 Å². The maximum absolute atomic E-state index is 13.2. The monoisotopic (exact) mass is 505 g/mol. The Labute approximate surface area is 213 Å². The Kier molecular flexibility index (Phi) is 6.95. The third kappa shape index (κ3) is 5.08. The van der Waals surface area contributed by atoms with Crippen LogP contribution in [-0.4, -0.2) is 41.2 Å². The number of para-hydroxylation sites is 1. The first-order valence-electron chi connectivity index (χ1n) is 11.7. The van der Waals surface area contributed by atoms with Crippen LogP contribution in [0.2, 0.25) is 0 Å². The molecule has 5 rings (SSSR count).